The van der Waals surface area contributed by atoms with Crippen LogP contribution in [0, 0.1) is 6.92 Å². The summed E-state index contributed by atoms with van der Waals surface area (Å²) in [5.74, 6) is 1.13. The number of nitrogens with one attached hydrogen (secondary N) is 1. The van der Waals surface area contributed by atoms with Crippen LogP contribution in [0.25, 0.3) is 22.3 Å². The number of piperidine rings is 1. The number of likely N-dealkylation sites (tertiary alicyclic amines) is 1. The summed E-state index contributed by atoms with van der Waals surface area (Å²) in [6.07, 6.45) is 1.99. The Kier molecular flexibility index (Phi) is 5.20. The van der Waals surface area contributed by atoms with Crippen LogP contribution in [0.5, 0.6) is 0 Å². The number of hydrogen-bond donors (Lipinski definition) is 1. The van der Waals surface area contributed by atoms with E-state index in [0.29, 0.717) is 17.1 Å². The highest BCUT2D eigenvalue weighted by atomic mass is 35.5. The third kappa shape index (κ3) is 4.06. The normalized spacial score (nSPS) is 16.6. The first-order valence-corrected chi connectivity index (χ1v) is 10.9. The summed E-state index contributed by atoms with van der Waals surface area (Å²) in [6, 6.07) is 19.5. The maximum absolute atomic E-state index is 13.2. The van der Waals surface area contributed by atoms with Gasteiger partial charge in [0.2, 0.25) is 0 Å². The minimum Gasteiger partial charge on any atom is -0.342 e. The molecule has 4 aromatic rings. The molecule has 6 heteroatoms. The Labute approximate surface area is 186 Å². The van der Waals surface area contributed by atoms with Crippen LogP contribution >= 0.6 is 11.6 Å². The zero-order valence-electron chi connectivity index (χ0n) is 17.3. The fourth-order valence-corrected chi connectivity index (χ4v) is 4.53. The van der Waals surface area contributed by atoms with Crippen molar-refractivity contribution in [3.05, 3.63) is 82.8 Å². The molecule has 2 aromatic heterocycles. The molecule has 1 N–H and O–H groups in total. The van der Waals surface area contributed by atoms with Crippen molar-refractivity contribution in [3.63, 3.8) is 0 Å². The van der Waals surface area contributed by atoms with Crippen LogP contribution in [0.15, 0.2) is 60.7 Å². The van der Waals surface area contributed by atoms with Gasteiger partial charge in [0.05, 0.1) is 16.7 Å². The molecule has 1 aliphatic heterocycles. The Morgan fingerprint density at radius 1 is 1.10 bits per heavy atom. The van der Waals surface area contributed by atoms with E-state index in [1.807, 2.05) is 66.4 Å². The van der Waals surface area contributed by atoms with E-state index in [1.54, 1.807) is 0 Å². The molecule has 2 aromatic carbocycles. The van der Waals surface area contributed by atoms with E-state index in [9.17, 15) is 4.79 Å². The van der Waals surface area contributed by atoms with Gasteiger partial charge in [0.25, 0.3) is 5.91 Å². The summed E-state index contributed by atoms with van der Waals surface area (Å²) in [5, 5.41) is 0.698. The SMILES string of the molecule is Cc1nc2ccc(C(=O)N3CCC[C@H](c4cccc(-c5cccc(Cl)c5)n4)C3)cc2[nH]1. The maximum Gasteiger partial charge on any atom is 0.253 e. The Morgan fingerprint density at radius 2 is 1.97 bits per heavy atom. The number of carbonyl (C=O) groups excluding carboxylic acids is 1. The summed E-state index contributed by atoms with van der Waals surface area (Å²) in [7, 11) is 0. The van der Waals surface area contributed by atoms with Gasteiger partial charge in [-0.3, -0.25) is 9.78 Å². The van der Waals surface area contributed by atoms with Crippen molar-refractivity contribution in [2.24, 2.45) is 0 Å². The summed E-state index contributed by atoms with van der Waals surface area (Å²) >= 11 is 6.16. The number of halogens is 1. The van der Waals surface area contributed by atoms with Crippen molar-refractivity contribution in [1.82, 2.24) is 19.9 Å². The van der Waals surface area contributed by atoms with Crippen molar-refractivity contribution >= 4 is 28.5 Å². The number of amides is 1. The molecule has 0 bridgehead atoms. The molecule has 1 amide bonds. The van der Waals surface area contributed by atoms with E-state index in [0.717, 1.165) is 53.2 Å². The molecule has 1 aliphatic rings. The summed E-state index contributed by atoms with van der Waals surface area (Å²) < 4.78 is 0. The fraction of sp³-hybridized carbons (Fsp3) is 0.240. The standard InChI is InChI=1S/C25H23ClN4O/c1-16-27-23-11-10-18(14-24(23)28-16)25(31)30-12-4-6-19(15-30)22-9-3-8-21(29-22)17-5-2-7-20(26)13-17/h2-3,5,7-11,13-14,19H,4,6,12,15H2,1H3,(H,27,28)/t19-/m0/s1. The van der Waals surface area contributed by atoms with Gasteiger partial charge in [0, 0.05) is 40.9 Å². The molecule has 156 valence electrons. The van der Waals surface area contributed by atoms with Crippen molar-refractivity contribution in [3.8, 4) is 11.3 Å². The van der Waals surface area contributed by atoms with E-state index < -0.39 is 0 Å². The number of aromatic amines is 1. The Bertz CT molecular complexity index is 1270. The van der Waals surface area contributed by atoms with E-state index >= 15 is 0 Å². The van der Waals surface area contributed by atoms with Gasteiger partial charge >= 0.3 is 0 Å². The minimum absolute atomic E-state index is 0.0600. The quantitative estimate of drug-likeness (QED) is 0.459. The lowest BCUT2D eigenvalue weighted by atomic mass is 9.93. The minimum atomic E-state index is 0.0600. The molecular formula is C25H23ClN4O. The fourth-order valence-electron chi connectivity index (χ4n) is 4.34. The Hall–Kier alpha value is -3.18. The van der Waals surface area contributed by atoms with Gasteiger partial charge in [-0.1, -0.05) is 29.8 Å². The molecular weight excluding hydrogens is 408 g/mol. The molecule has 1 atom stereocenters. The average Bonchev–Trinajstić information content (AvgIpc) is 3.18. The molecule has 0 spiro atoms. The number of H-pyrrole nitrogens is 1. The van der Waals surface area contributed by atoms with Gasteiger partial charge in [-0.15, -0.1) is 0 Å². The molecule has 31 heavy (non-hydrogen) atoms. The third-order valence-electron chi connectivity index (χ3n) is 5.87. The number of hydrogen-bond acceptors (Lipinski definition) is 3. The molecule has 1 saturated heterocycles. The molecule has 1 fully saturated rings. The van der Waals surface area contributed by atoms with Crippen LogP contribution in [-0.4, -0.2) is 38.8 Å². The average molecular weight is 431 g/mol. The van der Waals surface area contributed by atoms with Gasteiger partial charge in [0.15, 0.2) is 0 Å². The summed E-state index contributed by atoms with van der Waals surface area (Å²) in [6.45, 7) is 3.36. The number of aryl methyl sites for hydroxylation is 1. The van der Waals surface area contributed by atoms with Crippen LogP contribution in [-0.2, 0) is 0 Å². The highest BCUT2D eigenvalue weighted by molar-refractivity contribution is 6.30. The first kappa shape index (κ1) is 19.8. The van der Waals surface area contributed by atoms with Gasteiger partial charge in [-0.05, 0) is 62.2 Å². The first-order chi connectivity index (χ1) is 15.1. The molecule has 0 saturated carbocycles. The topological polar surface area (TPSA) is 61.9 Å². The van der Waals surface area contributed by atoms with E-state index in [4.69, 9.17) is 16.6 Å². The predicted octanol–water partition coefficient (Wildman–Crippen LogP) is 5.61. The van der Waals surface area contributed by atoms with Crippen LogP contribution in [0.2, 0.25) is 5.02 Å². The number of benzene rings is 2. The Morgan fingerprint density at radius 3 is 2.84 bits per heavy atom. The van der Waals surface area contributed by atoms with Gasteiger partial charge < -0.3 is 9.88 Å². The number of aromatic nitrogens is 3. The first-order valence-electron chi connectivity index (χ1n) is 10.6. The van der Waals surface area contributed by atoms with E-state index in [2.05, 4.69) is 16.0 Å². The van der Waals surface area contributed by atoms with E-state index in [-0.39, 0.29) is 11.8 Å². The second-order valence-electron chi connectivity index (χ2n) is 8.10. The zero-order valence-corrected chi connectivity index (χ0v) is 18.1. The molecule has 3 heterocycles. The number of nitrogens with zero attached hydrogens (tertiary/aromatic N) is 3. The van der Waals surface area contributed by atoms with Crippen LogP contribution in [0.1, 0.15) is 40.6 Å². The molecule has 0 aliphatic carbocycles. The lowest BCUT2D eigenvalue weighted by molar-refractivity contribution is 0.0706. The smallest absolute Gasteiger partial charge is 0.253 e. The van der Waals surface area contributed by atoms with Gasteiger partial charge in [-0.2, -0.15) is 0 Å². The highest BCUT2D eigenvalue weighted by Gasteiger charge is 2.26. The second-order valence-corrected chi connectivity index (χ2v) is 8.54. The number of carbonyl (C=O) groups is 1. The van der Waals surface area contributed by atoms with Gasteiger partial charge in [0.1, 0.15) is 5.82 Å². The summed E-state index contributed by atoms with van der Waals surface area (Å²) in [5.41, 5.74) is 5.40. The Balaban J connectivity index is 1.37. The van der Waals surface area contributed by atoms with E-state index in [1.165, 1.54) is 0 Å². The van der Waals surface area contributed by atoms with Gasteiger partial charge in [-0.25, -0.2) is 4.98 Å². The van der Waals surface area contributed by atoms with Crippen molar-refractivity contribution in [1.29, 1.82) is 0 Å². The molecule has 5 rings (SSSR count). The van der Waals surface area contributed by atoms with Crippen molar-refractivity contribution in [2.75, 3.05) is 13.1 Å². The largest absolute Gasteiger partial charge is 0.342 e. The van der Waals surface area contributed by atoms with Crippen LogP contribution in [0.4, 0.5) is 0 Å². The molecule has 0 radical (unpaired) electrons. The van der Waals surface area contributed by atoms with Crippen LogP contribution in [0.3, 0.4) is 0 Å². The maximum atomic E-state index is 13.2. The second kappa shape index (κ2) is 8.16. The molecule has 0 unspecified atom stereocenters. The summed E-state index contributed by atoms with van der Waals surface area (Å²) in [4.78, 5) is 27.7. The van der Waals surface area contributed by atoms with Crippen molar-refractivity contribution < 1.29 is 4.79 Å². The van der Waals surface area contributed by atoms with Crippen molar-refractivity contribution in [2.45, 2.75) is 25.7 Å². The lowest BCUT2D eigenvalue weighted by Gasteiger charge is -2.32. The third-order valence-corrected chi connectivity index (χ3v) is 6.10. The zero-order chi connectivity index (χ0) is 21.4. The van der Waals surface area contributed by atoms with Crippen LogP contribution < -0.4 is 0 Å². The lowest BCUT2D eigenvalue weighted by Crippen LogP contribution is -2.39. The highest BCUT2D eigenvalue weighted by Crippen LogP contribution is 2.29. The number of fused-ring (bicyclic) bond motifs is 1. The number of imidazole rings is 1. The monoisotopic (exact) mass is 430 g/mol. The predicted molar refractivity (Wildman–Crippen MR) is 123 cm³/mol. The molecule has 5 nitrogen and oxygen atoms in total. The number of rotatable bonds is 3. The number of pyridine rings is 1.